The summed E-state index contributed by atoms with van der Waals surface area (Å²) in [6.07, 6.45) is 0. The molecule has 2 aromatic carbocycles. The van der Waals surface area contributed by atoms with Crippen molar-refractivity contribution in [1.82, 2.24) is 19.2 Å². The van der Waals surface area contributed by atoms with Crippen LogP contribution in [0.15, 0.2) is 40.0 Å². The average molecular weight is 441 g/mol. The zero-order valence-corrected chi connectivity index (χ0v) is 19.2. The van der Waals surface area contributed by atoms with E-state index in [0.29, 0.717) is 54.3 Å². The number of H-pyrrole nitrogens is 1. The molecule has 1 aliphatic heterocycles. The maximum absolute atomic E-state index is 13.4. The first-order chi connectivity index (χ1) is 14.7. The van der Waals surface area contributed by atoms with E-state index in [1.54, 1.807) is 10.4 Å². The number of benzene rings is 2. The zero-order valence-electron chi connectivity index (χ0n) is 18.4. The SMILES string of the molecule is Cc1cc(C)c(C)c(S(=O)(=O)N2CCN(Cc3nc4ccccc4c(=O)[nH]3)CC2)c1C. The van der Waals surface area contributed by atoms with Crippen LogP contribution in [0.1, 0.15) is 28.1 Å². The molecule has 31 heavy (non-hydrogen) atoms. The summed E-state index contributed by atoms with van der Waals surface area (Å²) in [5, 5.41) is 0.571. The number of aromatic nitrogens is 2. The molecular formula is C23H28N4O3S. The van der Waals surface area contributed by atoms with E-state index in [-0.39, 0.29) is 5.56 Å². The molecule has 3 aromatic rings. The standard InChI is InChI=1S/C23H28N4O3S/c1-15-13-16(2)18(4)22(17(15)3)31(29,30)27-11-9-26(10-12-27)14-21-24-20-8-6-5-7-19(20)23(28)25-21/h5-8,13H,9-12,14H2,1-4H3,(H,24,25,28). The first kappa shape index (κ1) is 21.7. The van der Waals surface area contributed by atoms with Gasteiger partial charge in [0.15, 0.2) is 0 Å². The Morgan fingerprint density at radius 3 is 2.23 bits per heavy atom. The van der Waals surface area contributed by atoms with E-state index in [1.165, 1.54) is 0 Å². The number of hydrogen-bond acceptors (Lipinski definition) is 5. The molecule has 0 unspecified atom stereocenters. The van der Waals surface area contributed by atoms with Gasteiger partial charge in [-0.25, -0.2) is 13.4 Å². The molecule has 0 aliphatic carbocycles. The summed E-state index contributed by atoms with van der Waals surface area (Å²) in [6.45, 7) is 10.1. The lowest BCUT2D eigenvalue weighted by molar-refractivity contribution is 0.178. The highest BCUT2D eigenvalue weighted by Crippen LogP contribution is 2.29. The highest BCUT2D eigenvalue weighted by atomic mass is 32.2. The van der Waals surface area contributed by atoms with E-state index in [9.17, 15) is 13.2 Å². The van der Waals surface area contributed by atoms with E-state index in [1.807, 2.05) is 52.0 Å². The monoisotopic (exact) mass is 440 g/mol. The van der Waals surface area contributed by atoms with Crippen LogP contribution < -0.4 is 5.56 Å². The summed E-state index contributed by atoms with van der Waals surface area (Å²) in [5.41, 5.74) is 4.15. The number of aromatic amines is 1. The number of nitrogens with one attached hydrogen (secondary N) is 1. The van der Waals surface area contributed by atoms with Gasteiger partial charge in [-0.15, -0.1) is 0 Å². The highest BCUT2D eigenvalue weighted by molar-refractivity contribution is 7.89. The lowest BCUT2D eigenvalue weighted by Crippen LogP contribution is -2.48. The maximum atomic E-state index is 13.4. The molecule has 7 nitrogen and oxygen atoms in total. The van der Waals surface area contributed by atoms with Gasteiger partial charge < -0.3 is 4.98 Å². The molecule has 1 aliphatic rings. The van der Waals surface area contributed by atoms with Gasteiger partial charge in [0.1, 0.15) is 5.82 Å². The number of hydrogen-bond donors (Lipinski definition) is 1. The molecular weight excluding hydrogens is 412 g/mol. The highest BCUT2D eigenvalue weighted by Gasteiger charge is 2.32. The van der Waals surface area contributed by atoms with Crippen molar-refractivity contribution in [2.24, 2.45) is 0 Å². The largest absolute Gasteiger partial charge is 0.309 e. The van der Waals surface area contributed by atoms with Gasteiger partial charge in [0, 0.05) is 26.2 Å². The lowest BCUT2D eigenvalue weighted by Gasteiger charge is -2.34. The Bertz CT molecular complexity index is 1280. The van der Waals surface area contributed by atoms with Crippen molar-refractivity contribution in [3.63, 3.8) is 0 Å². The molecule has 1 fully saturated rings. The van der Waals surface area contributed by atoms with Crippen LogP contribution in [0.5, 0.6) is 0 Å². The number of rotatable bonds is 4. The van der Waals surface area contributed by atoms with Crippen LogP contribution in [0, 0.1) is 27.7 Å². The van der Waals surface area contributed by atoms with Crippen molar-refractivity contribution in [3.05, 3.63) is 68.8 Å². The summed E-state index contributed by atoms with van der Waals surface area (Å²) >= 11 is 0. The van der Waals surface area contributed by atoms with Gasteiger partial charge in [-0.2, -0.15) is 4.31 Å². The smallest absolute Gasteiger partial charge is 0.258 e. The van der Waals surface area contributed by atoms with Gasteiger partial charge in [-0.3, -0.25) is 9.69 Å². The fourth-order valence-electron chi connectivity index (χ4n) is 4.25. The first-order valence-electron chi connectivity index (χ1n) is 10.5. The molecule has 1 aromatic heterocycles. The predicted octanol–water partition coefficient (Wildman–Crippen LogP) is 2.66. The Morgan fingerprint density at radius 2 is 1.58 bits per heavy atom. The third kappa shape index (κ3) is 4.03. The van der Waals surface area contributed by atoms with Gasteiger partial charge in [-0.1, -0.05) is 18.2 Å². The third-order valence-electron chi connectivity index (χ3n) is 6.26. The zero-order chi connectivity index (χ0) is 22.3. The van der Waals surface area contributed by atoms with Crippen LogP contribution in [0.25, 0.3) is 10.9 Å². The molecule has 0 radical (unpaired) electrons. The second-order valence-electron chi connectivity index (χ2n) is 8.30. The van der Waals surface area contributed by atoms with Crippen LogP contribution in [0.3, 0.4) is 0 Å². The van der Waals surface area contributed by atoms with Crippen LogP contribution >= 0.6 is 0 Å². The van der Waals surface area contributed by atoms with Crippen molar-refractivity contribution in [3.8, 4) is 0 Å². The fourth-order valence-corrected chi connectivity index (χ4v) is 6.24. The van der Waals surface area contributed by atoms with E-state index in [2.05, 4.69) is 14.9 Å². The van der Waals surface area contributed by atoms with Crippen LogP contribution in [0.2, 0.25) is 0 Å². The van der Waals surface area contributed by atoms with Crippen LogP contribution in [0.4, 0.5) is 0 Å². The Hall–Kier alpha value is -2.55. The Morgan fingerprint density at radius 1 is 0.968 bits per heavy atom. The second kappa shape index (κ2) is 8.18. The predicted molar refractivity (Wildman–Crippen MR) is 122 cm³/mol. The minimum Gasteiger partial charge on any atom is -0.309 e. The summed E-state index contributed by atoms with van der Waals surface area (Å²) in [7, 11) is -3.57. The first-order valence-corrected chi connectivity index (χ1v) is 11.9. The molecule has 164 valence electrons. The molecule has 0 atom stereocenters. The van der Waals surface area contributed by atoms with Crippen molar-refractivity contribution in [1.29, 1.82) is 0 Å². The third-order valence-corrected chi connectivity index (χ3v) is 8.43. The summed E-state index contributed by atoms with van der Waals surface area (Å²) in [4.78, 5) is 22.3. The minimum absolute atomic E-state index is 0.150. The number of aryl methyl sites for hydroxylation is 2. The van der Waals surface area contributed by atoms with Gasteiger partial charge in [0.05, 0.1) is 22.3 Å². The number of nitrogens with zero attached hydrogens (tertiary/aromatic N) is 3. The molecule has 0 spiro atoms. The van der Waals surface area contributed by atoms with Gasteiger partial charge in [0.25, 0.3) is 5.56 Å². The summed E-state index contributed by atoms with van der Waals surface area (Å²) in [5.74, 6) is 0.598. The fraction of sp³-hybridized carbons (Fsp3) is 0.391. The Balaban J connectivity index is 1.51. The molecule has 1 N–H and O–H groups in total. The Labute approximate surface area is 182 Å². The van der Waals surface area contributed by atoms with E-state index in [0.717, 1.165) is 22.3 Å². The van der Waals surface area contributed by atoms with E-state index in [4.69, 9.17) is 0 Å². The number of piperazine rings is 1. The Kier molecular flexibility index (Phi) is 5.72. The van der Waals surface area contributed by atoms with Crippen molar-refractivity contribution in [2.45, 2.75) is 39.1 Å². The normalized spacial score (nSPS) is 16.1. The van der Waals surface area contributed by atoms with Crippen LogP contribution in [-0.2, 0) is 16.6 Å². The second-order valence-corrected chi connectivity index (χ2v) is 10.2. The van der Waals surface area contributed by atoms with Crippen LogP contribution in [-0.4, -0.2) is 53.8 Å². The lowest BCUT2D eigenvalue weighted by atomic mass is 10.0. The number of fused-ring (bicyclic) bond motifs is 1. The summed E-state index contributed by atoms with van der Waals surface area (Å²) in [6, 6.07) is 9.30. The van der Waals surface area contributed by atoms with Gasteiger partial charge >= 0.3 is 0 Å². The number of sulfonamides is 1. The molecule has 0 saturated carbocycles. The molecule has 1 saturated heterocycles. The van der Waals surface area contributed by atoms with Crippen molar-refractivity contribution in [2.75, 3.05) is 26.2 Å². The van der Waals surface area contributed by atoms with Gasteiger partial charge in [0.2, 0.25) is 10.0 Å². The van der Waals surface area contributed by atoms with Crippen molar-refractivity contribution < 1.29 is 8.42 Å². The minimum atomic E-state index is -3.57. The van der Waals surface area contributed by atoms with Crippen molar-refractivity contribution >= 4 is 20.9 Å². The molecule has 8 heteroatoms. The topological polar surface area (TPSA) is 86.4 Å². The van der Waals surface area contributed by atoms with E-state index < -0.39 is 10.0 Å². The maximum Gasteiger partial charge on any atom is 0.258 e. The van der Waals surface area contributed by atoms with Gasteiger partial charge in [-0.05, 0) is 62.1 Å². The summed E-state index contributed by atoms with van der Waals surface area (Å²) < 4.78 is 28.5. The molecule has 0 bridgehead atoms. The quantitative estimate of drug-likeness (QED) is 0.674. The van der Waals surface area contributed by atoms with E-state index >= 15 is 0 Å². The molecule has 2 heterocycles. The number of para-hydroxylation sites is 1. The molecule has 4 rings (SSSR count). The average Bonchev–Trinajstić information content (AvgIpc) is 2.73. The molecule has 0 amide bonds.